The molecule has 0 fully saturated rings. The van der Waals surface area contributed by atoms with Crippen molar-refractivity contribution in [2.45, 2.75) is 0 Å². The van der Waals surface area contributed by atoms with E-state index in [4.69, 9.17) is 23.7 Å². The molecule has 0 aromatic heterocycles. The first-order valence-electron chi connectivity index (χ1n) is 8.48. The van der Waals surface area contributed by atoms with Gasteiger partial charge in [0.1, 0.15) is 5.75 Å². The summed E-state index contributed by atoms with van der Waals surface area (Å²) in [6, 6.07) is 11.3. The Hall–Kier alpha value is -3.41. The van der Waals surface area contributed by atoms with Crippen LogP contribution in [-0.2, 0) is 0 Å². The topological polar surface area (TPSA) is 63.2 Å². The second kappa shape index (κ2) is 5.81. The van der Waals surface area contributed by atoms with Gasteiger partial charge in [-0.2, -0.15) is 0 Å². The summed E-state index contributed by atoms with van der Waals surface area (Å²) in [5, 5.41) is 1.81. The Morgan fingerprint density at radius 3 is 2.44 bits per heavy atom. The Kier molecular flexibility index (Phi) is 3.40. The number of benzene rings is 3. The smallest absolute Gasteiger partial charge is 0.231 e. The summed E-state index contributed by atoms with van der Waals surface area (Å²) in [6.07, 6.45) is 0. The molecule has 0 spiro atoms. The van der Waals surface area contributed by atoms with Gasteiger partial charge < -0.3 is 23.7 Å². The number of methoxy groups -OCH3 is 2. The summed E-state index contributed by atoms with van der Waals surface area (Å²) in [5.41, 5.74) is 2.27. The number of carbonyl (C=O) groups excluding carboxylic acids is 1. The average molecular weight is 364 g/mol. The Bertz CT molecular complexity index is 1100. The fourth-order valence-electron chi connectivity index (χ4n) is 3.62. The lowest BCUT2D eigenvalue weighted by Crippen LogP contribution is -1.98. The number of carbonyl (C=O) groups is 1. The van der Waals surface area contributed by atoms with Crippen LogP contribution in [0.25, 0.3) is 21.9 Å². The summed E-state index contributed by atoms with van der Waals surface area (Å²) >= 11 is 0. The number of ether oxygens (including phenoxy) is 5. The highest BCUT2D eigenvalue weighted by atomic mass is 16.7. The Morgan fingerprint density at radius 2 is 1.67 bits per heavy atom. The van der Waals surface area contributed by atoms with E-state index in [1.54, 1.807) is 14.2 Å². The third-order valence-electron chi connectivity index (χ3n) is 4.91. The molecular formula is C21H16O6. The summed E-state index contributed by atoms with van der Waals surface area (Å²) in [4.78, 5) is 12.3. The molecule has 5 rings (SSSR count). The monoisotopic (exact) mass is 364 g/mol. The summed E-state index contributed by atoms with van der Waals surface area (Å²) in [5.74, 6) is 3.13. The summed E-state index contributed by atoms with van der Waals surface area (Å²) in [7, 11) is 3.18. The van der Waals surface area contributed by atoms with E-state index in [9.17, 15) is 4.79 Å². The van der Waals surface area contributed by atoms with Crippen molar-refractivity contribution >= 4 is 16.6 Å². The van der Waals surface area contributed by atoms with E-state index in [0.717, 1.165) is 21.9 Å². The molecule has 2 aliphatic rings. The molecule has 0 unspecified atom stereocenters. The van der Waals surface area contributed by atoms with Crippen LogP contribution in [0.3, 0.4) is 0 Å². The quantitative estimate of drug-likeness (QED) is 0.704. The van der Waals surface area contributed by atoms with E-state index < -0.39 is 0 Å². The molecule has 2 heterocycles. The summed E-state index contributed by atoms with van der Waals surface area (Å²) in [6.45, 7) is 0.227. The van der Waals surface area contributed by atoms with E-state index in [2.05, 4.69) is 0 Å². The first kappa shape index (κ1) is 15.8. The third-order valence-corrected chi connectivity index (χ3v) is 4.91. The first-order valence-corrected chi connectivity index (χ1v) is 8.48. The standard InChI is InChI=1S/C21H16O6/c1-23-16-4-3-11(6-17(16)24-2)20-13-8-19-18(26-10-27-19)7-12(13)5-14-15(22)9-25-21(14)20/h3-8H,9-10H2,1-2H3. The highest BCUT2D eigenvalue weighted by molar-refractivity contribution is 6.12. The van der Waals surface area contributed by atoms with Crippen LogP contribution in [0.15, 0.2) is 36.4 Å². The van der Waals surface area contributed by atoms with Crippen molar-refractivity contribution in [2.24, 2.45) is 0 Å². The van der Waals surface area contributed by atoms with Crippen LogP contribution >= 0.6 is 0 Å². The van der Waals surface area contributed by atoms with Crippen LogP contribution in [0.4, 0.5) is 0 Å². The molecule has 2 aliphatic heterocycles. The molecule has 27 heavy (non-hydrogen) atoms. The lowest BCUT2D eigenvalue weighted by atomic mass is 9.93. The van der Waals surface area contributed by atoms with Crippen LogP contribution < -0.4 is 23.7 Å². The number of rotatable bonds is 3. The van der Waals surface area contributed by atoms with Crippen molar-refractivity contribution in [3.05, 3.63) is 42.0 Å². The molecule has 3 aromatic rings. The van der Waals surface area contributed by atoms with Crippen LogP contribution in [0.1, 0.15) is 10.4 Å². The predicted octanol–water partition coefficient (Wildman–Crippen LogP) is 3.83. The molecule has 0 atom stereocenters. The molecule has 136 valence electrons. The van der Waals surface area contributed by atoms with Crippen LogP contribution in [0.2, 0.25) is 0 Å². The molecule has 3 aromatic carbocycles. The molecule has 6 nitrogen and oxygen atoms in total. The number of Topliss-reactive ketones (excluding diaryl/α,β-unsaturated/α-hetero) is 1. The molecule has 0 radical (unpaired) electrons. The minimum Gasteiger partial charge on any atom is -0.493 e. The zero-order chi connectivity index (χ0) is 18.5. The van der Waals surface area contributed by atoms with Gasteiger partial charge in [0.05, 0.1) is 19.8 Å². The van der Waals surface area contributed by atoms with Gasteiger partial charge >= 0.3 is 0 Å². The van der Waals surface area contributed by atoms with Crippen LogP contribution in [-0.4, -0.2) is 33.4 Å². The van der Waals surface area contributed by atoms with Gasteiger partial charge in [-0.1, -0.05) is 6.07 Å². The zero-order valence-electron chi connectivity index (χ0n) is 14.8. The number of hydrogen-bond acceptors (Lipinski definition) is 6. The maximum atomic E-state index is 12.3. The molecule has 0 amide bonds. The van der Waals surface area contributed by atoms with Gasteiger partial charge in [-0.25, -0.2) is 0 Å². The van der Waals surface area contributed by atoms with E-state index in [1.165, 1.54) is 0 Å². The van der Waals surface area contributed by atoms with Crippen molar-refractivity contribution in [1.29, 1.82) is 0 Å². The van der Waals surface area contributed by atoms with Crippen molar-refractivity contribution in [1.82, 2.24) is 0 Å². The van der Waals surface area contributed by atoms with E-state index in [0.29, 0.717) is 34.3 Å². The lowest BCUT2D eigenvalue weighted by molar-refractivity contribution is 0.0961. The maximum absolute atomic E-state index is 12.3. The molecule has 0 bridgehead atoms. The van der Waals surface area contributed by atoms with Crippen LogP contribution in [0, 0.1) is 0 Å². The van der Waals surface area contributed by atoms with E-state index >= 15 is 0 Å². The van der Waals surface area contributed by atoms with Gasteiger partial charge in [0, 0.05) is 5.56 Å². The second-order valence-corrected chi connectivity index (χ2v) is 6.34. The molecule has 0 saturated heterocycles. The lowest BCUT2D eigenvalue weighted by Gasteiger charge is -2.15. The molecule has 0 N–H and O–H groups in total. The van der Waals surface area contributed by atoms with Crippen molar-refractivity contribution in [3.63, 3.8) is 0 Å². The fourth-order valence-corrected chi connectivity index (χ4v) is 3.62. The Labute approximate surface area is 155 Å². The highest BCUT2D eigenvalue weighted by Crippen LogP contribution is 2.47. The summed E-state index contributed by atoms with van der Waals surface area (Å²) < 4.78 is 27.6. The van der Waals surface area contributed by atoms with E-state index in [-0.39, 0.29) is 19.2 Å². The maximum Gasteiger partial charge on any atom is 0.231 e. The predicted molar refractivity (Wildman–Crippen MR) is 98.4 cm³/mol. The average Bonchev–Trinajstić information content (AvgIpc) is 3.30. The third kappa shape index (κ3) is 2.30. The Balaban J connectivity index is 1.84. The fraction of sp³-hybridized carbons (Fsp3) is 0.190. The Morgan fingerprint density at radius 1 is 0.889 bits per heavy atom. The molecule has 0 aliphatic carbocycles. The first-order chi connectivity index (χ1) is 13.2. The zero-order valence-corrected chi connectivity index (χ0v) is 14.8. The van der Waals surface area contributed by atoms with Gasteiger partial charge in [-0.15, -0.1) is 0 Å². The van der Waals surface area contributed by atoms with Crippen molar-refractivity contribution < 1.29 is 28.5 Å². The van der Waals surface area contributed by atoms with Crippen molar-refractivity contribution in [3.8, 4) is 39.9 Å². The largest absolute Gasteiger partial charge is 0.493 e. The molecule has 6 heteroatoms. The number of fused-ring (bicyclic) bond motifs is 3. The van der Waals surface area contributed by atoms with Gasteiger partial charge in [0.15, 0.2) is 29.6 Å². The number of hydrogen-bond donors (Lipinski definition) is 0. The minimum absolute atomic E-state index is 0.0358. The molecular weight excluding hydrogens is 348 g/mol. The van der Waals surface area contributed by atoms with E-state index in [1.807, 2.05) is 36.4 Å². The van der Waals surface area contributed by atoms with Gasteiger partial charge in [-0.05, 0) is 46.7 Å². The normalized spacial score (nSPS) is 14.2. The van der Waals surface area contributed by atoms with Gasteiger partial charge in [0.25, 0.3) is 0 Å². The second-order valence-electron chi connectivity index (χ2n) is 6.34. The SMILES string of the molecule is COc1ccc(-c2c3c(cc4cc5c(cc24)OCO5)C(=O)CO3)cc1OC. The number of ketones is 1. The minimum atomic E-state index is -0.0358. The van der Waals surface area contributed by atoms with Crippen molar-refractivity contribution in [2.75, 3.05) is 27.6 Å². The highest BCUT2D eigenvalue weighted by Gasteiger charge is 2.28. The van der Waals surface area contributed by atoms with Gasteiger partial charge in [0.2, 0.25) is 12.6 Å². The molecule has 0 saturated carbocycles. The van der Waals surface area contributed by atoms with Gasteiger partial charge in [-0.3, -0.25) is 4.79 Å². The van der Waals surface area contributed by atoms with Crippen LogP contribution in [0.5, 0.6) is 28.7 Å².